The number of hydrogen-bond donors (Lipinski definition) is 0. The highest BCUT2D eigenvalue weighted by Gasteiger charge is 2.20. The van der Waals surface area contributed by atoms with Gasteiger partial charge >= 0.3 is 0 Å². The van der Waals surface area contributed by atoms with Crippen LogP contribution in [0.25, 0.3) is 0 Å². The molecule has 0 saturated heterocycles. The first kappa shape index (κ1) is 12.4. The van der Waals surface area contributed by atoms with E-state index in [1.807, 2.05) is 0 Å². The zero-order chi connectivity index (χ0) is 19.1. The maximum absolute atomic E-state index is 8.22. The van der Waals surface area contributed by atoms with Gasteiger partial charge in [-0.3, -0.25) is 0 Å². The van der Waals surface area contributed by atoms with E-state index >= 15 is 0 Å². The molecule has 0 radical (unpaired) electrons. The van der Waals surface area contributed by atoms with E-state index in [1.54, 1.807) is 6.92 Å². The molecule has 1 saturated carbocycles. The Labute approximate surface area is 143 Å². The van der Waals surface area contributed by atoms with Gasteiger partial charge in [-0.2, -0.15) is 0 Å². The van der Waals surface area contributed by atoms with E-state index in [4.69, 9.17) is 10.2 Å². The van der Waals surface area contributed by atoms with Crippen molar-refractivity contribution >= 4 is 0 Å². The molecule has 0 unspecified atom stereocenters. The van der Waals surface area contributed by atoms with E-state index in [0.717, 1.165) is 12.3 Å². The summed E-state index contributed by atoms with van der Waals surface area (Å²) in [4.78, 5) is 0. The Hall–Kier alpha value is -0.980. The summed E-state index contributed by atoms with van der Waals surface area (Å²) in [7, 11) is 0. The Bertz CT molecular complexity index is 551. The van der Waals surface area contributed by atoms with Gasteiger partial charge in [0.25, 0.3) is 0 Å². The van der Waals surface area contributed by atoms with Gasteiger partial charge in [0.15, 0.2) is 0 Å². The number of unbranched alkanes of at least 4 members (excludes halogenated alkanes) is 2. The van der Waals surface area contributed by atoms with Crippen molar-refractivity contribution in [3.05, 3.63) is 29.7 Å². The van der Waals surface area contributed by atoms with Crippen molar-refractivity contribution in [2.24, 2.45) is 11.8 Å². The van der Waals surface area contributed by atoms with Crippen LogP contribution in [-0.4, -0.2) is 6.61 Å². The normalized spacial score (nSPS) is 24.3. The van der Waals surface area contributed by atoms with Gasteiger partial charge in [-0.15, -0.1) is 0 Å². The minimum atomic E-state index is -0.0394. The average molecular weight is 307 g/mol. The summed E-state index contributed by atoms with van der Waals surface area (Å²) in [6, 6.07) is 0.0652. The fourth-order valence-corrected chi connectivity index (χ4v) is 3.51. The lowest BCUT2D eigenvalue weighted by Crippen LogP contribution is -2.15. The molecular formula is C21H34O. The van der Waals surface area contributed by atoms with Crippen LogP contribution in [0.15, 0.2) is 24.2 Å². The van der Waals surface area contributed by atoms with Crippen LogP contribution >= 0.6 is 0 Å². The standard InChI is InChI=1S/C21H34O/c1-3-5-6-7-18-8-10-19(11-9-18)12-13-20-14-16-21(17-15-20)22-4-2/h14-19H,3-13H2,1-2H3/i14D,15D,16D,17D. The van der Waals surface area contributed by atoms with Gasteiger partial charge in [0.2, 0.25) is 0 Å². The minimum Gasteiger partial charge on any atom is -0.494 e. The lowest BCUT2D eigenvalue weighted by atomic mass is 9.78. The molecule has 1 nitrogen and oxygen atoms in total. The number of hydrogen-bond acceptors (Lipinski definition) is 1. The molecule has 22 heavy (non-hydrogen) atoms. The first-order valence-corrected chi connectivity index (χ1v) is 9.21. The molecule has 0 bridgehead atoms. The van der Waals surface area contributed by atoms with Gasteiger partial charge in [-0.25, -0.2) is 0 Å². The molecular weight excluding hydrogens is 268 g/mol. The number of rotatable bonds is 9. The number of benzene rings is 1. The Kier molecular flexibility index (Phi) is 5.61. The largest absolute Gasteiger partial charge is 0.494 e. The zero-order valence-corrected chi connectivity index (χ0v) is 14.3. The highest BCUT2D eigenvalue weighted by molar-refractivity contribution is 5.27. The number of ether oxygens (including phenoxy) is 1. The van der Waals surface area contributed by atoms with Crippen LogP contribution in [0.5, 0.6) is 5.75 Å². The van der Waals surface area contributed by atoms with E-state index in [2.05, 4.69) is 6.92 Å². The Morgan fingerprint density at radius 3 is 2.18 bits per heavy atom. The van der Waals surface area contributed by atoms with Crippen molar-refractivity contribution in [2.45, 2.75) is 78.1 Å². The van der Waals surface area contributed by atoms with Gasteiger partial charge in [0.05, 0.1) is 12.1 Å². The van der Waals surface area contributed by atoms with E-state index in [0.29, 0.717) is 24.5 Å². The summed E-state index contributed by atoms with van der Waals surface area (Å²) < 4.78 is 37.9. The third-order valence-electron chi connectivity index (χ3n) is 4.93. The summed E-state index contributed by atoms with van der Waals surface area (Å²) in [5.74, 6) is 1.63. The lowest BCUT2D eigenvalue weighted by Gasteiger charge is -2.28. The molecule has 2 rings (SSSR count). The molecule has 1 aliphatic carbocycles. The maximum Gasteiger partial charge on any atom is 0.119 e. The summed E-state index contributed by atoms with van der Waals surface area (Å²) in [5.41, 5.74) is 0.550. The van der Waals surface area contributed by atoms with Gasteiger partial charge in [0, 0.05) is 0 Å². The van der Waals surface area contributed by atoms with Crippen LogP contribution in [0.1, 0.15) is 82.7 Å². The van der Waals surface area contributed by atoms with E-state index < -0.39 is 0 Å². The van der Waals surface area contributed by atoms with Crippen molar-refractivity contribution in [3.8, 4) is 5.75 Å². The van der Waals surface area contributed by atoms with E-state index in [1.165, 1.54) is 51.4 Å². The molecule has 0 atom stereocenters. The minimum absolute atomic E-state index is 0.0394. The zero-order valence-electron chi connectivity index (χ0n) is 18.3. The lowest BCUT2D eigenvalue weighted by molar-refractivity contribution is 0.249. The fourth-order valence-electron chi connectivity index (χ4n) is 3.51. The molecule has 1 fully saturated rings. The Balaban J connectivity index is 1.92. The molecule has 0 aliphatic heterocycles. The quantitative estimate of drug-likeness (QED) is 0.479. The van der Waals surface area contributed by atoms with E-state index in [9.17, 15) is 0 Å². The molecule has 0 N–H and O–H groups in total. The molecule has 0 heterocycles. The first-order valence-electron chi connectivity index (χ1n) is 11.2. The second kappa shape index (κ2) is 9.92. The van der Waals surface area contributed by atoms with Crippen LogP contribution in [-0.2, 0) is 6.42 Å². The van der Waals surface area contributed by atoms with Crippen molar-refractivity contribution in [3.63, 3.8) is 0 Å². The van der Waals surface area contributed by atoms with Crippen LogP contribution in [0.3, 0.4) is 0 Å². The molecule has 124 valence electrons. The molecule has 0 aromatic heterocycles. The van der Waals surface area contributed by atoms with Crippen molar-refractivity contribution in [2.75, 3.05) is 6.61 Å². The molecule has 1 aliphatic rings. The van der Waals surface area contributed by atoms with Crippen LogP contribution in [0.2, 0.25) is 0 Å². The second-order valence-electron chi connectivity index (χ2n) is 6.66. The molecule has 0 spiro atoms. The average Bonchev–Trinajstić information content (AvgIpc) is 2.65. The summed E-state index contributed by atoms with van der Waals surface area (Å²) >= 11 is 0. The molecule has 1 aromatic carbocycles. The van der Waals surface area contributed by atoms with E-state index in [-0.39, 0.29) is 29.9 Å². The topological polar surface area (TPSA) is 9.23 Å². The fraction of sp³-hybridized carbons (Fsp3) is 0.714. The highest BCUT2D eigenvalue weighted by atomic mass is 16.5. The smallest absolute Gasteiger partial charge is 0.119 e. The summed E-state index contributed by atoms with van der Waals surface area (Å²) in [6.07, 6.45) is 12.1. The van der Waals surface area contributed by atoms with Gasteiger partial charge in [0.1, 0.15) is 5.75 Å². The van der Waals surface area contributed by atoms with Crippen LogP contribution in [0.4, 0.5) is 0 Å². The Morgan fingerprint density at radius 2 is 1.59 bits per heavy atom. The molecule has 1 heteroatoms. The monoisotopic (exact) mass is 306 g/mol. The highest BCUT2D eigenvalue weighted by Crippen LogP contribution is 2.34. The van der Waals surface area contributed by atoms with Gasteiger partial charge in [-0.05, 0) is 49.2 Å². The van der Waals surface area contributed by atoms with Crippen molar-refractivity contribution in [1.29, 1.82) is 0 Å². The van der Waals surface area contributed by atoms with Crippen molar-refractivity contribution in [1.82, 2.24) is 0 Å². The molecule has 1 aromatic rings. The van der Waals surface area contributed by atoms with Gasteiger partial charge < -0.3 is 4.74 Å². The third-order valence-corrected chi connectivity index (χ3v) is 4.93. The molecule has 0 amide bonds. The predicted octanol–water partition coefficient (Wildman–Crippen LogP) is 6.40. The SMILES string of the molecule is [2H]c1c([2H])c(OCC)c([2H])c([2H])c1CCC1CCC(CCCCC)CC1. The van der Waals surface area contributed by atoms with Crippen molar-refractivity contribution < 1.29 is 10.2 Å². The van der Waals surface area contributed by atoms with Crippen LogP contribution in [0, 0.1) is 11.8 Å². The maximum atomic E-state index is 8.22. The second-order valence-corrected chi connectivity index (χ2v) is 6.66. The summed E-state index contributed by atoms with van der Waals surface area (Å²) in [5, 5.41) is 0. The Morgan fingerprint density at radius 1 is 0.955 bits per heavy atom. The van der Waals surface area contributed by atoms with Gasteiger partial charge in [-0.1, -0.05) is 70.4 Å². The summed E-state index contributed by atoms with van der Waals surface area (Å²) in [6.45, 7) is 4.39. The third kappa shape index (κ3) is 6.02. The first-order chi connectivity index (χ1) is 12.5. The predicted molar refractivity (Wildman–Crippen MR) is 95.5 cm³/mol. The van der Waals surface area contributed by atoms with Crippen LogP contribution < -0.4 is 4.74 Å².